The normalized spacial score (nSPS) is 17.7. The lowest BCUT2D eigenvalue weighted by Crippen LogP contribution is -2.39. The second-order valence-corrected chi connectivity index (χ2v) is 6.69. The van der Waals surface area contributed by atoms with E-state index < -0.39 is 0 Å². The van der Waals surface area contributed by atoms with Gasteiger partial charge in [-0.25, -0.2) is 0 Å². The van der Waals surface area contributed by atoms with E-state index in [-0.39, 0.29) is 0 Å². The van der Waals surface area contributed by atoms with E-state index in [1.807, 2.05) is 0 Å². The molecule has 0 saturated carbocycles. The Morgan fingerprint density at radius 2 is 2.19 bits per heavy atom. The molecule has 26 heavy (non-hydrogen) atoms. The van der Waals surface area contributed by atoms with Crippen LogP contribution in [0.5, 0.6) is 0 Å². The molecule has 3 N–H and O–H groups in total. The van der Waals surface area contributed by atoms with Gasteiger partial charge in [0.05, 0.1) is 13.2 Å². The number of hydrogen-bond acceptors (Lipinski definition) is 3. The maximum Gasteiger partial charge on any atom is 0.190 e. The summed E-state index contributed by atoms with van der Waals surface area (Å²) in [6.45, 7) is 5.03. The van der Waals surface area contributed by atoms with Crippen LogP contribution in [0.3, 0.4) is 0 Å². The molecule has 2 aromatic rings. The number of para-hydroxylation sites is 1. The van der Waals surface area contributed by atoms with Crippen LogP contribution in [0.25, 0.3) is 10.9 Å². The van der Waals surface area contributed by atoms with Crippen LogP contribution in [0.15, 0.2) is 35.5 Å². The van der Waals surface area contributed by atoms with Crippen LogP contribution >= 0.6 is 0 Å². The summed E-state index contributed by atoms with van der Waals surface area (Å²) in [6, 6.07) is 8.40. The number of benzene rings is 1. The zero-order valence-corrected chi connectivity index (χ0v) is 15.6. The van der Waals surface area contributed by atoms with Gasteiger partial charge in [0.2, 0.25) is 0 Å². The van der Waals surface area contributed by atoms with Crippen LogP contribution in [0.1, 0.15) is 18.4 Å². The monoisotopic (exact) mass is 358 g/mol. The highest BCUT2D eigenvalue weighted by Crippen LogP contribution is 2.17. The molecule has 1 unspecified atom stereocenters. The molecule has 0 aliphatic carbocycles. The highest BCUT2D eigenvalue weighted by Gasteiger charge is 2.15. The Labute approximate surface area is 155 Å². The van der Waals surface area contributed by atoms with E-state index in [1.54, 1.807) is 7.05 Å². The molecular weight excluding hydrogens is 328 g/mol. The number of H-pyrrole nitrogens is 1. The summed E-state index contributed by atoms with van der Waals surface area (Å²) in [5, 5.41) is 8.01. The molecule has 1 fully saturated rings. The number of nitrogens with zero attached hydrogens (tertiary/aromatic N) is 1. The van der Waals surface area contributed by atoms with Gasteiger partial charge in [-0.15, -0.1) is 0 Å². The first-order valence-corrected chi connectivity index (χ1v) is 9.52. The molecule has 3 rings (SSSR count). The van der Waals surface area contributed by atoms with E-state index in [0.29, 0.717) is 5.92 Å². The van der Waals surface area contributed by atoms with Crippen molar-refractivity contribution in [1.29, 1.82) is 0 Å². The largest absolute Gasteiger partial charge is 0.381 e. The number of fused-ring (bicyclic) bond motifs is 1. The number of nitrogens with one attached hydrogen (secondary N) is 3. The maximum atomic E-state index is 5.72. The molecule has 1 saturated heterocycles. The van der Waals surface area contributed by atoms with Gasteiger partial charge in [-0.2, -0.15) is 0 Å². The highest BCUT2D eigenvalue weighted by atomic mass is 16.5. The molecule has 1 aromatic heterocycles. The molecule has 1 atom stereocenters. The predicted molar refractivity (Wildman–Crippen MR) is 106 cm³/mol. The van der Waals surface area contributed by atoms with Gasteiger partial charge in [-0.3, -0.25) is 4.99 Å². The number of aromatic nitrogens is 1. The lowest BCUT2D eigenvalue weighted by Gasteiger charge is -2.12. The van der Waals surface area contributed by atoms with Crippen LogP contribution in [-0.2, 0) is 15.9 Å². The van der Waals surface area contributed by atoms with E-state index in [1.165, 1.54) is 16.5 Å². The van der Waals surface area contributed by atoms with Crippen molar-refractivity contribution < 1.29 is 9.47 Å². The summed E-state index contributed by atoms with van der Waals surface area (Å²) in [5.41, 5.74) is 2.52. The average molecular weight is 358 g/mol. The molecule has 1 aliphatic heterocycles. The van der Waals surface area contributed by atoms with Crippen molar-refractivity contribution in [1.82, 2.24) is 15.6 Å². The summed E-state index contributed by atoms with van der Waals surface area (Å²) < 4.78 is 11.1. The number of ether oxygens (including phenoxy) is 2. The zero-order chi connectivity index (χ0) is 18.0. The Bertz CT molecular complexity index is 692. The minimum atomic E-state index is 0.585. The molecule has 1 aliphatic rings. The molecule has 6 heteroatoms. The van der Waals surface area contributed by atoms with Gasteiger partial charge < -0.3 is 25.1 Å². The zero-order valence-electron chi connectivity index (χ0n) is 15.6. The Hall–Kier alpha value is -2.05. The van der Waals surface area contributed by atoms with Gasteiger partial charge in [0.1, 0.15) is 0 Å². The number of aromatic amines is 1. The summed E-state index contributed by atoms with van der Waals surface area (Å²) in [5.74, 6) is 1.43. The highest BCUT2D eigenvalue weighted by molar-refractivity contribution is 5.83. The van der Waals surface area contributed by atoms with Crippen LogP contribution < -0.4 is 10.6 Å². The summed E-state index contributed by atoms with van der Waals surface area (Å²) in [4.78, 5) is 7.60. The Kier molecular flexibility index (Phi) is 7.34. The third-order valence-corrected chi connectivity index (χ3v) is 4.72. The smallest absolute Gasteiger partial charge is 0.190 e. The van der Waals surface area contributed by atoms with E-state index >= 15 is 0 Å². The van der Waals surface area contributed by atoms with Gasteiger partial charge in [-0.05, 0) is 30.9 Å². The lowest BCUT2D eigenvalue weighted by molar-refractivity contribution is 0.0888. The fraction of sp³-hybridized carbons (Fsp3) is 0.550. The molecule has 6 nitrogen and oxygen atoms in total. The van der Waals surface area contributed by atoms with Crippen LogP contribution in [0.2, 0.25) is 0 Å². The van der Waals surface area contributed by atoms with Gasteiger partial charge in [-0.1, -0.05) is 18.2 Å². The minimum absolute atomic E-state index is 0.585. The summed E-state index contributed by atoms with van der Waals surface area (Å²) in [7, 11) is 1.80. The molecule has 1 aromatic carbocycles. The third-order valence-electron chi connectivity index (χ3n) is 4.72. The van der Waals surface area contributed by atoms with Gasteiger partial charge in [0.15, 0.2) is 5.96 Å². The van der Waals surface area contributed by atoms with Crippen molar-refractivity contribution in [2.75, 3.05) is 46.6 Å². The standard InChI is InChI=1S/C20H30N4O2/c1-21-20(22-9-4-11-25-14-16-8-12-26-15-16)23-10-7-17-13-24-19-6-3-2-5-18(17)19/h2-3,5-6,13,16,24H,4,7-12,14-15H2,1H3,(H2,21,22,23). The second-order valence-electron chi connectivity index (χ2n) is 6.69. The van der Waals surface area contributed by atoms with Crippen molar-refractivity contribution in [2.24, 2.45) is 10.9 Å². The first-order valence-electron chi connectivity index (χ1n) is 9.52. The lowest BCUT2D eigenvalue weighted by atomic mass is 10.1. The third kappa shape index (κ3) is 5.47. The van der Waals surface area contributed by atoms with Crippen molar-refractivity contribution >= 4 is 16.9 Å². The fourth-order valence-corrected chi connectivity index (χ4v) is 3.22. The maximum absolute atomic E-state index is 5.72. The van der Waals surface area contributed by atoms with Crippen LogP contribution in [-0.4, -0.2) is 57.5 Å². The minimum Gasteiger partial charge on any atom is -0.381 e. The van der Waals surface area contributed by atoms with Crippen molar-refractivity contribution in [2.45, 2.75) is 19.3 Å². The average Bonchev–Trinajstić information content (AvgIpc) is 3.33. The van der Waals surface area contributed by atoms with Gasteiger partial charge in [0, 0.05) is 56.4 Å². The molecular formula is C20H30N4O2. The summed E-state index contributed by atoms with van der Waals surface area (Å²) in [6.07, 6.45) is 5.15. The van der Waals surface area contributed by atoms with Crippen molar-refractivity contribution in [3.8, 4) is 0 Å². The second kappa shape index (κ2) is 10.2. The van der Waals surface area contributed by atoms with E-state index in [2.05, 4.69) is 51.1 Å². The number of hydrogen-bond donors (Lipinski definition) is 3. The first kappa shape index (κ1) is 18.7. The number of rotatable bonds is 9. The Morgan fingerprint density at radius 1 is 1.31 bits per heavy atom. The van der Waals surface area contributed by atoms with Gasteiger partial charge in [0.25, 0.3) is 0 Å². The topological polar surface area (TPSA) is 70.7 Å². The van der Waals surface area contributed by atoms with Crippen LogP contribution in [0.4, 0.5) is 0 Å². The van der Waals surface area contributed by atoms with Crippen molar-refractivity contribution in [3.05, 3.63) is 36.0 Å². The number of guanidine groups is 1. The Balaban J connectivity index is 1.28. The van der Waals surface area contributed by atoms with E-state index in [9.17, 15) is 0 Å². The number of aliphatic imine (C=N–C) groups is 1. The molecule has 0 bridgehead atoms. The SMILES string of the molecule is CN=C(NCCCOCC1CCOC1)NCCc1c[nH]c2ccccc12. The molecule has 0 amide bonds. The molecule has 0 radical (unpaired) electrons. The predicted octanol–water partition coefficient (Wildman–Crippen LogP) is 2.32. The van der Waals surface area contributed by atoms with Crippen molar-refractivity contribution in [3.63, 3.8) is 0 Å². The van der Waals surface area contributed by atoms with Crippen LogP contribution in [0, 0.1) is 5.92 Å². The summed E-state index contributed by atoms with van der Waals surface area (Å²) >= 11 is 0. The van der Waals surface area contributed by atoms with E-state index in [4.69, 9.17) is 9.47 Å². The first-order chi connectivity index (χ1) is 12.9. The Morgan fingerprint density at radius 3 is 3.04 bits per heavy atom. The van der Waals surface area contributed by atoms with E-state index in [0.717, 1.165) is 64.7 Å². The molecule has 2 heterocycles. The van der Waals surface area contributed by atoms with Gasteiger partial charge >= 0.3 is 0 Å². The molecule has 142 valence electrons. The molecule has 0 spiro atoms. The quantitative estimate of drug-likeness (QED) is 0.365. The fourth-order valence-electron chi connectivity index (χ4n) is 3.22.